The molecule has 3 nitrogen and oxygen atoms in total. The maximum absolute atomic E-state index is 5.73. The van der Waals surface area contributed by atoms with Crippen LogP contribution in [0.5, 0.6) is 0 Å². The van der Waals surface area contributed by atoms with E-state index in [9.17, 15) is 0 Å². The van der Waals surface area contributed by atoms with Crippen molar-refractivity contribution in [2.75, 3.05) is 11.5 Å². The lowest BCUT2D eigenvalue weighted by atomic mass is 10.1. The van der Waals surface area contributed by atoms with Crippen LogP contribution in [0.25, 0.3) is 0 Å². The van der Waals surface area contributed by atoms with Gasteiger partial charge in [0.15, 0.2) is 0 Å². The number of nitrogens with one attached hydrogen (secondary N) is 1. The molecule has 1 aliphatic heterocycles. The second kappa shape index (κ2) is 7.14. The Bertz CT molecular complexity index is 374. The molecule has 0 saturated carbocycles. The highest BCUT2D eigenvalue weighted by molar-refractivity contribution is 9.10. The van der Waals surface area contributed by atoms with Gasteiger partial charge in [0, 0.05) is 50.8 Å². The Balaban J connectivity index is 2.02. The first kappa shape index (κ1) is 14.7. The van der Waals surface area contributed by atoms with Gasteiger partial charge in [0.1, 0.15) is 0 Å². The van der Waals surface area contributed by atoms with Gasteiger partial charge in [-0.2, -0.15) is 23.5 Å². The van der Waals surface area contributed by atoms with Crippen molar-refractivity contribution in [3.63, 3.8) is 0 Å². The summed E-state index contributed by atoms with van der Waals surface area (Å²) >= 11 is 7.47. The van der Waals surface area contributed by atoms with E-state index in [-0.39, 0.29) is 6.04 Å². The summed E-state index contributed by atoms with van der Waals surface area (Å²) in [6, 6.07) is 4.37. The number of aromatic nitrogens is 1. The lowest BCUT2D eigenvalue weighted by Gasteiger charge is -2.34. The minimum Gasteiger partial charge on any atom is -0.271 e. The smallest absolute Gasteiger partial charge is 0.0420 e. The lowest BCUT2D eigenvalue weighted by Crippen LogP contribution is -2.48. The average Bonchev–Trinajstić information content (AvgIpc) is 2.39. The normalized spacial score (nSPS) is 25.9. The van der Waals surface area contributed by atoms with E-state index in [0.717, 1.165) is 16.6 Å². The van der Waals surface area contributed by atoms with Gasteiger partial charge < -0.3 is 0 Å². The molecule has 1 fully saturated rings. The van der Waals surface area contributed by atoms with Gasteiger partial charge in [-0.3, -0.25) is 16.3 Å². The van der Waals surface area contributed by atoms with Crippen molar-refractivity contribution in [3.05, 3.63) is 28.5 Å². The molecule has 6 heteroatoms. The van der Waals surface area contributed by atoms with E-state index in [1.54, 1.807) is 0 Å². The molecule has 0 radical (unpaired) electrons. The molecule has 0 aromatic carbocycles. The van der Waals surface area contributed by atoms with E-state index >= 15 is 0 Å². The molecular formula is C12H18BrN3S2. The summed E-state index contributed by atoms with van der Waals surface area (Å²) in [5.41, 5.74) is 4.07. The predicted octanol–water partition coefficient (Wildman–Crippen LogP) is 2.46. The number of nitrogens with two attached hydrogens (primary N) is 1. The number of halogens is 1. The Morgan fingerprint density at radius 2 is 2.28 bits per heavy atom. The van der Waals surface area contributed by atoms with E-state index in [4.69, 9.17) is 5.84 Å². The summed E-state index contributed by atoms with van der Waals surface area (Å²) < 4.78 is 1.01. The van der Waals surface area contributed by atoms with E-state index in [0.29, 0.717) is 10.5 Å². The molecule has 0 aliphatic carbocycles. The number of nitrogens with zero attached hydrogens (tertiary/aromatic N) is 1. The summed E-state index contributed by atoms with van der Waals surface area (Å²) in [5.74, 6) is 8.19. The van der Waals surface area contributed by atoms with Crippen LogP contribution in [-0.4, -0.2) is 33.0 Å². The van der Waals surface area contributed by atoms with Gasteiger partial charge in [0.25, 0.3) is 0 Å². The number of hydrogen-bond acceptors (Lipinski definition) is 5. The molecular weight excluding hydrogens is 330 g/mol. The van der Waals surface area contributed by atoms with Crippen LogP contribution >= 0.6 is 39.5 Å². The van der Waals surface area contributed by atoms with E-state index in [1.807, 2.05) is 35.8 Å². The van der Waals surface area contributed by atoms with Crippen LogP contribution in [0.4, 0.5) is 0 Å². The van der Waals surface area contributed by atoms with Crippen LogP contribution in [0.3, 0.4) is 0 Å². The molecule has 1 aromatic heterocycles. The fraction of sp³-hybridized carbons (Fsp3) is 0.583. The predicted molar refractivity (Wildman–Crippen MR) is 84.9 cm³/mol. The summed E-state index contributed by atoms with van der Waals surface area (Å²) in [5, 5.41) is 1.19. The number of pyridine rings is 1. The molecule has 100 valence electrons. The lowest BCUT2D eigenvalue weighted by molar-refractivity contribution is 0.497. The van der Waals surface area contributed by atoms with Gasteiger partial charge in [0.05, 0.1) is 0 Å². The SMILES string of the molecule is CC1SCCSC1C(Cc1ccc(Br)cn1)NN. The molecule has 1 aliphatic rings. The Hall–Kier alpha value is 0.250. The highest BCUT2D eigenvalue weighted by Gasteiger charge is 2.30. The summed E-state index contributed by atoms with van der Waals surface area (Å²) in [4.78, 5) is 4.43. The summed E-state index contributed by atoms with van der Waals surface area (Å²) in [7, 11) is 0. The third kappa shape index (κ3) is 3.87. The van der Waals surface area contributed by atoms with Crippen molar-refractivity contribution >= 4 is 39.5 Å². The van der Waals surface area contributed by atoms with Crippen LogP contribution in [0.15, 0.2) is 22.8 Å². The Morgan fingerprint density at radius 3 is 2.89 bits per heavy atom. The topological polar surface area (TPSA) is 50.9 Å². The monoisotopic (exact) mass is 347 g/mol. The van der Waals surface area contributed by atoms with Gasteiger partial charge >= 0.3 is 0 Å². The molecule has 3 atom stereocenters. The molecule has 2 rings (SSSR count). The van der Waals surface area contributed by atoms with Crippen molar-refractivity contribution in [1.29, 1.82) is 0 Å². The van der Waals surface area contributed by atoms with Crippen LogP contribution in [0.2, 0.25) is 0 Å². The highest BCUT2D eigenvalue weighted by Crippen LogP contribution is 2.33. The fourth-order valence-electron chi connectivity index (χ4n) is 2.11. The van der Waals surface area contributed by atoms with Crippen LogP contribution in [-0.2, 0) is 6.42 Å². The Kier molecular flexibility index (Phi) is 5.82. The average molecular weight is 348 g/mol. The number of thioether (sulfide) groups is 2. The van der Waals surface area contributed by atoms with Gasteiger partial charge in [0.2, 0.25) is 0 Å². The van der Waals surface area contributed by atoms with Gasteiger partial charge in [-0.1, -0.05) is 6.92 Å². The Labute approximate surface area is 125 Å². The third-order valence-electron chi connectivity index (χ3n) is 3.07. The molecule has 0 bridgehead atoms. The summed E-state index contributed by atoms with van der Waals surface area (Å²) in [6.07, 6.45) is 2.72. The second-order valence-electron chi connectivity index (χ2n) is 4.36. The van der Waals surface area contributed by atoms with Crippen molar-refractivity contribution in [3.8, 4) is 0 Å². The van der Waals surface area contributed by atoms with Crippen molar-refractivity contribution < 1.29 is 0 Å². The quantitative estimate of drug-likeness (QED) is 0.647. The molecule has 2 heterocycles. The van der Waals surface area contributed by atoms with E-state index in [2.05, 4.69) is 39.3 Å². The first-order valence-corrected chi connectivity index (χ1v) is 8.89. The maximum atomic E-state index is 5.73. The Morgan fingerprint density at radius 1 is 1.50 bits per heavy atom. The maximum Gasteiger partial charge on any atom is 0.0420 e. The van der Waals surface area contributed by atoms with E-state index in [1.165, 1.54) is 11.5 Å². The van der Waals surface area contributed by atoms with Crippen LogP contribution in [0.1, 0.15) is 12.6 Å². The zero-order chi connectivity index (χ0) is 13.0. The van der Waals surface area contributed by atoms with Crippen molar-refractivity contribution in [2.24, 2.45) is 5.84 Å². The molecule has 3 unspecified atom stereocenters. The van der Waals surface area contributed by atoms with E-state index < -0.39 is 0 Å². The largest absolute Gasteiger partial charge is 0.271 e. The number of hydrazine groups is 1. The molecule has 18 heavy (non-hydrogen) atoms. The molecule has 3 N–H and O–H groups in total. The van der Waals surface area contributed by atoms with Crippen molar-refractivity contribution in [1.82, 2.24) is 10.4 Å². The number of hydrogen-bond donors (Lipinski definition) is 2. The molecule has 0 amide bonds. The molecule has 0 spiro atoms. The zero-order valence-electron chi connectivity index (χ0n) is 10.3. The van der Waals surface area contributed by atoms with Gasteiger partial charge in [-0.15, -0.1) is 0 Å². The first-order valence-electron chi connectivity index (χ1n) is 6.00. The fourth-order valence-corrected chi connectivity index (χ4v) is 5.29. The summed E-state index contributed by atoms with van der Waals surface area (Å²) in [6.45, 7) is 2.29. The van der Waals surface area contributed by atoms with Crippen LogP contribution in [0, 0.1) is 0 Å². The first-order chi connectivity index (χ1) is 8.70. The minimum atomic E-state index is 0.284. The second-order valence-corrected chi connectivity index (χ2v) is 8.04. The van der Waals surface area contributed by atoms with Crippen molar-refractivity contribution in [2.45, 2.75) is 29.9 Å². The third-order valence-corrected chi connectivity index (χ3v) is 6.79. The van der Waals surface area contributed by atoms with Crippen LogP contribution < -0.4 is 11.3 Å². The standard InChI is InChI=1S/C12H18BrN3S2/c1-8-12(18-5-4-17-8)11(16-14)6-10-3-2-9(13)7-15-10/h2-3,7-8,11-12,16H,4-6,14H2,1H3. The minimum absolute atomic E-state index is 0.284. The zero-order valence-corrected chi connectivity index (χ0v) is 13.5. The molecule has 1 saturated heterocycles. The molecule has 1 aromatic rings. The highest BCUT2D eigenvalue weighted by atomic mass is 79.9. The van der Waals surface area contributed by atoms with Gasteiger partial charge in [-0.25, -0.2) is 0 Å². The number of rotatable bonds is 4. The van der Waals surface area contributed by atoms with Gasteiger partial charge in [-0.05, 0) is 28.1 Å².